The smallest absolute Gasteiger partial charge is 0.0692 e. The van der Waals surface area contributed by atoms with Crippen molar-refractivity contribution in [3.63, 3.8) is 0 Å². The summed E-state index contributed by atoms with van der Waals surface area (Å²) in [6, 6.07) is 10.3. The molecule has 0 radical (unpaired) electrons. The first-order valence-electron chi connectivity index (χ1n) is 8.25. The van der Waals surface area contributed by atoms with E-state index in [4.69, 9.17) is 0 Å². The van der Waals surface area contributed by atoms with Crippen LogP contribution in [0.3, 0.4) is 0 Å². The lowest BCUT2D eigenvalue weighted by Crippen LogP contribution is -2.31. The summed E-state index contributed by atoms with van der Waals surface area (Å²) < 4.78 is 1.96. The van der Waals surface area contributed by atoms with Crippen LogP contribution in [0, 0.1) is 5.92 Å². The van der Waals surface area contributed by atoms with Gasteiger partial charge < -0.3 is 10.4 Å². The van der Waals surface area contributed by atoms with Crippen molar-refractivity contribution in [1.82, 2.24) is 15.1 Å². The van der Waals surface area contributed by atoms with Gasteiger partial charge in [0, 0.05) is 24.8 Å². The van der Waals surface area contributed by atoms with Crippen molar-refractivity contribution in [3.05, 3.63) is 53.9 Å². The van der Waals surface area contributed by atoms with E-state index in [1.807, 2.05) is 29.1 Å². The number of hydrogen-bond donors (Lipinski definition) is 2. The second-order valence-corrected chi connectivity index (χ2v) is 6.27. The van der Waals surface area contributed by atoms with Crippen molar-refractivity contribution in [2.24, 2.45) is 5.92 Å². The molecule has 4 nitrogen and oxygen atoms in total. The van der Waals surface area contributed by atoms with Crippen molar-refractivity contribution in [3.8, 4) is 0 Å². The molecule has 1 saturated carbocycles. The molecule has 1 atom stereocenters. The van der Waals surface area contributed by atoms with E-state index in [-0.39, 0.29) is 6.10 Å². The highest BCUT2D eigenvalue weighted by molar-refractivity contribution is 5.15. The third-order valence-corrected chi connectivity index (χ3v) is 4.50. The Hall–Kier alpha value is -1.65. The van der Waals surface area contributed by atoms with Gasteiger partial charge in [0.2, 0.25) is 0 Å². The molecule has 118 valence electrons. The topological polar surface area (TPSA) is 50.1 Å². The van der Waals surface area contributed by atoms with Crippen LogP contribution in [0.1, 0.15) is 36.8 Å². The predicted octanol–water partition coefficient (Wildman–Crippen LogP) is 2.57. The quantitative estimate of drug-likeness (QED) is 0.826. The summed E-state index contributed by atoms with van der Waals surface area (Å²) >= 11 is 0. The molecule has 0 saturated heterocycles. The summed E-state index contributed by atoms with van der Waals surface area (Å²) in [5, 5.41) is 17.9. The summed E-state index contributed by atoms with van der Waals surface area (Å²) in [4.78, 5) is 0. The highest BCUT2D eigenvalue weighted by Gasteiger charge is 2.22. The zero-order valence-corrected chi connectivity index (χ0v) is 13.0. The molecule has 2 N–H and O–H groups in total. The standard InChI is InChI=1S/C18H25N3O/c22-18(17-8-4-5-9-17)12-19-10-16-11-20-21(14-16)13-15-6-2-1-3-7-15/h1-3,6-7,11,14,17-19,22H,4-5,8-10,12-13H2. The van der Waals surface area contributed by atoms with Gasteiger partial charge >= 0.3 is 0 Å². The zero-order valence-electron chi connectivity index (χ0n) is 13.0. The predicted molar refractivity (Wildman–Crippen MR) is 87.4 cm³/mol. The number of rotatable bonds is 7. The average molecular weight is 299 g/mol. The van der Waals surface area contributed by atoms with Gasteiger partial charge in [0.05, 0.1) is 18.8 Å². The van der Waals surface area contributed by atoms with E-state index in [9.17, 15) is 5.11 Å². The van der Waals surface area contributed by atoms with E-state index in [0.717, 1.165) is 18.7 Å². The normalized spacial score (nSPS) is 17.0. The van der Waals surface area contributed by atoms with Gasteiger partial charge in [0.25, 0.3) is 0 Å². The molecule has 1 fully saturated rings. The number of benzene rings is 1. The van der Waals surface area contributed by atoms with Crippen LogP contribution in [0.2, 0.25) is 0 Å². The number of nitrogens with one attached hydrogen (secondary N) is 1. The molecule has 2 aromatic rings. The molecule has 3 rings (SSSR count). The van der Waals surface area contributed by atoms with Crippen LogP contribution < -0.4 is 5.32 Å². The maximum atomic E-state index is 10.1. The number of aliphatic hydroxyl groups is 1. The Labute approximate surface area is 132 Å². The fourth-order valence-corrected chi connectivity index (χ4v) is 3.23. The lowest BCUT2D eigenvalue weighted by molar-refractivity contribution is 0.109. The molecular weight excluding hydrogens is 274 g/mol. The summed E-state index contributed by atoms with van der Waals surface area (Å²) in [6.45, 7) is 2.23. The van der Waals surface area contributed by atoms with E-state index in [2.05, 4.69) is 28.7 Å². The van der Waals surface area contributed by atoms with E-state index in [1.54, 1.807) is 0 Å². The van der Waals surface area contributed by atoms with Gasteiger partial charge in [-0.2, -0.15) is 5.10 Å². The van der Waals surface area contributed by atoms with Crippen LogP contribution in [0.25, 0.3) is 0 Å². The van der Waals surface area contributed by atoms with Crippen molar-refractivity contribution in [1.29, 1.82) is 0 Å². The lowest BCUT2D eigenvalue weighted by Gasteiger charge is -2.17. The van der Waals surface area contributed by atoms with Crippen LogP contribution in [-0.2, 0) is 13.1 Å². The van der Waals surface area contributed by atoms with Gasteiger partial charge in [-0.3, -0.25) is 4.68 Å². The van der Waals surface area contributed by atoms with Gasteiger partial charge in [-0.05, 0) is 24.3 Å². The van der Waals surface area contributed by atoms with Crippen LogP contribution in [0.5, 0.6) is 0 Å². The lowest BCUT2D eigenvalue weighted by atomic mass is 10.0. The molecule has 1 heterocycles. The molecule has 0 bridgehead atoms. The molecule has 0 aliphatic heterocycles. The van der Waals surface area contributed by atoms with Crippen molar-refractivity contribution < 1.29 is 5.11 Å². The molecule has 1 aliphatic carbocycles. The van der Waals surface area contributed by atoms with Crippen LogP contribution in [0.15, 0.2) is 42.7 Å². The molecule has 1 unspecified atom stereocenters. The summed E-state index contributed by atoms with van der Waals surface area (Å²) in [5.41, 5.74) is 2.41. The summed E-state index contributed by atoms with van der Waals surface area (Å²) in [6.07, 6.45) is 8.67. The fraction of sp³-hybridized carbons (Fsp3) is 0.500. The molecule has 0 spiro atoms. The fourth-order valence-electron chi connectivity index (χ4n) is 3.23. The summed E-state index contributed by atoms with van der Waals surface area (Å²) in [7, 11) is 0. The van der Waals surface area contributed by atoms with Gasteiger partial charge in [-0.25, -0.2) is 0 Å². The average Bonchev–Trinajstić information content (AvgIpc) is 3.20. The number of aromatic nitrogens is 2. The minimum atomic E-state index is -0.207. The van der Waals surface area contributed by atoms with Crippen LogP contribution >= 0.6 is 0 Å². The second-order valence-electron chi connectivity index (χ2n) is 6.27. The highest BCUT2D eigenvalue weighted by Crippen LogP contribution is 2.27. The monoisotopic (exact) mass is 299 g/mol. The Kier molecular flexibility index (Phi) is 5.24. The van der Waals surface area contributed by atoms with Gasteiger partial charge in [0.15, 0.2) is 0 Å². The van der Waals surface area contributed by atoms with Crippen molar-refractivity contribution in [2.75, 3.05) is 6.54 Å². The van der Waals surface area contributed by atoms with E-state index in [1.165, 1.54) is 31.2 Å². The molecule has 0 amide bonds. The second kappa shape index (κ2) is 7.56. The molecule has 4 heteroatoms. The van der Waals surface area contributed by atoms with E-state index >= 15 is 0 Å². The highest BCUT2D eigenvalue weighted by atomic mass is 16.3. The summed E-state index contributed by atoms with van der Waals surface area (Å²) in [5.74, 6) is 0.494. The Bertz CT molecular complexity index is 561. The molecular formula is C18H25N3O. The van der Waals surface area contributed by atoms with Crippen molar-refractivity contribution in [2.45, 2.75) is 44.9 Å². The molecule has 22 heavy (non-hydrogen) atoms. The molecule has 1 aliphatic rings. The largest absolute Gasteiger partial charge is 0.392 e. The van der Waals surface area contributed by atoms with Gasteiger partial charge in [-0.1, -0.05) is 43.2 Å². The molecule has 1 aromatic heterocycles. The van der Waals surface area contributed by atoms with Gasteiger partial charge in [0.1, 0.15) is 0 Å². The molecule has 1 aromatic carbocycles. The SMILES string of the molecule is OC(CNCc1cnn(Cc2ccccc2)c1)C1CCCC1. The van der Waals surface area contributed by atoms with Crippen molar-refractivity contribution >= 4 is 0 Å². The minimum Gasteiger partial charge on any atom is -0.392 e. The number of hydrogen-bond acceptors (Lipinski definition) is 3. The van der Waals surface area contributed by atoms with Gasteiger partial charge in [-0.15, -0.1) is 0 Å². The maximum Gasteiger partial charge on any atom is 0.0692 e. The van der Waals surface area contributed by atoms with Crippen LogP contribution in [0.4, 0.5) is 0 Å². The number of aliphatic hydroxyl groups excluding tert-OH is 1. The third kappa shape index (κ3) is 4.18. The Morgan fingerprint density at radius 2 is 1.95 bits per heavy atom. The first-order chi connectivity index (χ1) is 10.8. The van der Waals surface area contributed by atoms with E-state index < -0.39 is 0 Å². The maximum absolute atomic E-state index is 10.1. The number of nitrogens with zero attached hydrogens (tertiary/aromatic N) is 2. The third-order valence-electron chi connectivity index (χ3n) is 4.50. The zero-order chi connectivity index (χ0) is 15.2. The Morgan fingerprint density at radius 1 is 1.18 bits per heavy atom. The van der Waals surface area contributed by atoms with E-state index in [0.29, 0.717) is 12.5 Å². The minimum absolute atomic E-state index is 0.207. The van der Waals surface area contributed by atoms with Crippen LogP contribution in [-0.4, -0.2) is 27.5 Å². The first kappa shape index (κ1) is 15.3. The Balaban J connectivity index is 1.43. The Morgan fingerprint density at radius 3 is 2.73 bits per heavy atom. The first-order valence-corrected chi connectivity index (χ1v) is 8.25.